The normalized spacial score (nSPS) is 32.3. The van der Waals surface area contributed by atoms with Crippen LogP contribution in [-0.2, 0) is 19.3 Å². The predicted octanol–water partition coefficient (Wildman–Crippen LogP) is 17.9. The number of nitrogen functional groups attached to an aromatic ring is 3. The van der Waals surface area contributed by atoms with Crippen molar-refractivity contribution in [3.8, 4) is 0 Å². The number of anilines is 7. The first-order chi connectivity index (χ1) is 33.5. The van der Waals surface area contributed by atoms with Gasteiger partial charge >= 0.3 is 0 Å². The van der Waals surface area contributed by atoms with Crippen LogP contribution in [0.1, 0.15) is 216 Å². The van der Waals surface area contributed by atoms with Gasteiger partial charge in [0.2, 0.25) is 0 Å². The van der Waals surface area contributed by atoms with Crippen molar-refractivity contribution >= 4 is 39.8 Å². The van der Waals surface area contributed by atoms with Crippen LogP contribution in [0.3, 0.4) is 0 Å². The zero-order chi connectivity index (χ0) is 47.9. The van der Waals surface area contributed by atoms with E-state index in [1.54, 1.807) is 0 Å². The van der Waals surface area contributed by atoms with Gasteiger partial charge < -0.3 is 27.8 Å². The first-order valence-electron chi connectivity index (χ1n) is 29.7. The molecule has 6 saturated carbocycles. The zero-order valence-corrected chi connectivity index (χ0v) is 44.4. The van der Waals surface area contributed by atoms with Gasteiger partial charge in [-0.15, -0.1) is 0 Å². The lowest BCUT2D eigenvalue weighted by Crippen LogP contribution is -2.25. The lowest BCUT2D eigenvalue weighted by Gasteiger charge is -2.37. The molecule has 0 amide bonds. The summed E-state index contributed by atoms with van der Waals surface area (Å²) >= 11 is 0. The number of benzene rings is 3. The Morgan fingerprint density at radius 1 is 0.362 bits per heavy atom. The largest absolute Gasteiger partial charge is 0.397 e. The van der Waals surface area contributed by atoms with Crippen molar-refractivity contribution in [1.29, 1.82) is 0 Å². The molecule has 6 aliphatic rings. The maximum Gasteiger partial charge on any atom is 0.0787 e. The average molecular weight is 939 g/mol. The van der Waals surface area contributed by atoms with Crippen LogP contribution in [-0.4, -0.2) is 0 Å². The third-order valence-corrected chi connectivity index (χ3v) is 20.8. The first kappa shape index (κ1) is 50.6. The first-order valence-corrected chi connectivity index (χ1v) is 29.7. The zero-order valence-electron chi connectivity index (χ0n) is 44.4. The number of rotatable bonds is 16. The summed E-state index contributed by atoms with van der Waals surface area (Å²) in [7, 11) is 0. The Hall–Kier alpha value is -3.34. The Bertz CT molecular complexity index is 2060. The summed E-state index contributed by atoms with van der Waals surface area (Å²) in [5, 5.41) is 7.80. The van der Waals surface area contributed by atoms with E-state index in [-0.39, 0.29) is 0 Å². The minimum absolute atomic E-state index is 0.651. The van der Waals surface area contributed by atoms with Gasteiger partial charge in [0, 0.05) is 11.4 Å². The van der Waals surface area contributed by atoms with Crippen molar-refractivity contribution < 1.29 is 0 Å². The second-order valence-corrected chi connectivity index (χ2v) is 25.7. The summed E-state index contributed by atoms with van der Waals surface area (Å²) in [5.41, 5.74) is 32.0. The maximum atomic E-state index is 6.86. The van der Waals surface area contributed by atoms with Gasteiger partial charge in [-0.1, -0.05) is 104 Å². The Kier molecular flexibility index (Phi) is 17.5. The minimum Gasteiger partial charge on any atom is -0.397 e. The summed E-state index contributed by atoms with van der Waals surface area (Å²) in [5.74, 6) is 11.2. The highest BCUT2D eigenvalue weighted by molar-refractivity contribution is 5.86. The van der Waals surface area contributed by atoms with E-state index < -0.39 is 0 Å². The smallest absolute Gasteiger partial charge is 0.0787 e. The highest BCUT2D eigenvalue weighted by Crippen LogP contribution is 2.46. The monoisotopic (exact) mass is 938 g/mol. The van der Waals surface area contributed by atoms with E-state index in [4.69, 9.17) is 17.2 Å². The van der Waals surface area contributed by atoms with Gasteiger partial charge in [-0.2, -0.15) is 0 Å². The van der Waals surface area contributed by atoms with Crippen molar-refractivity contribution in [2.45, 2.75) is 220 Å². The SMILES string of the molecule is Cc1c(Nc2cc(CCC3CCC(C4CCC(C)CC4)CC3)ccc2N)cc(CCC2CCC(C3CCC(C)CC3)CC2)cc1Nc1cc(CCC2CCC(C3CCC(C)CC3)CC2)cc(N)c1N. The van der Waals surface area contributed by atoms with Crippen LogP contribution in [0.5, 0.6) is 0 Å². The van der Waals surface area contributed by atoms with Gasteiger partial charge in [-0.05, 0) is 252 Å². The Balaban J connectivity index is 0.863. The Morgan fingerprint density at radius 2 is 0.681 bits per heavy atom. The molecular formula is C64H99N5. The molecule has 380 valence electrons. The van der Waals surface area contributed by atoms with Crippen molar-refractivity contribution in [1.82, 2.24) is 0 Å². The van der Waals surface area contributed by atoms with Gasteiger partial charge in [0.1, 0.15) is 0 Å². The lowest BCUT2D eigenvalue weighted by atomic mass is 9.69. The fourth-order valence-corrected chi connectivity index (χ4v) is 15.6. The number of hydrogen-bond acceptors (Lipinski definition) is 5. The van der Waals surface area contributed by atoms with Crippen molar-refractivity contribution in [3.05, 3.63) is 64.7 Å². The van der Waals surface area contributed by atoms with Gasteiger partial charge in [0.15, 0.2) is 0 Å². The quantitative estimate of drug-likeness (QED) is 0.0921. The van der Waals surface area contributed by atoms with Crippen molar-refractivity contribution in [3.63, 3.8) is 0 Å². The fraction of sp³-hybridized carbons (Fsp3) is 0.719. The maximum absolute atomic E-state index is 6.86. The molecule has 0 spiro atoms. The van der Waals surface area contributed by atoms with Gasteiger partial charge in [-0.3, -0.25) is 0 Å². The number of aryl methyl sites for hydroxylation is 3. The van der Waals surface area contributed by atoms with E-state index >= 15 is 0 Å². The van der Waals surface area contributed by atoms with Crippen LogP contribution < -0.4 is 27.8 Å². The second-order valence-electron chi connectivity index (χ2n) is 25.7. The van der Waals surface area contributed by atoms with Crippen LogP contribution in [0, 0.1) is 77.9 Å². The third-order valence-electron chi connectivity index (χ3n) is 20.8. The van der Waals surface area contributed by atoms with E-state index in [9.17, 15) is 0 Å². The molecule has 6 aliphatic carbocycles. The molecule has 0 radical (unpaired) electrons. The van der Waals surface area contributed by atoms with E-state index in [0.29, 0.717) is 11.4 Å². The number of nitrogens with two attached hydrogens (primary N) is 3. The summed E-state index contributed by atoms with van der Waals surface area (Å²) < 4.78 is 0. The molecule has 8 N–H and O–H groups in total. The van der Waals surface area contributed by atoms with Gasteiger partial charge in [0.25, 0.3) is 0 Å². The van der Waals surface area contributed by atoms with Crippen LogP contribution in [0.15, 0.2) is 42.5 Å². The van der Waals surface area contributed by atoms with Crippen LogP contribution in [0.25, 0.3) is 0 Å². The molecular weight excluding hydrogens is 839 g/mol. The van der Waals surface area contributed by atoms with Gasteiger partial charge in [0.05, 0.1) is 28.4 Å². The molecule has 5 nitrogen and oxygen atoms in total. The van der Waals surface area contributed by atoms with E-state index in [1.165, 1.54) is 196 Å². The molecule has 0 aliphatic heterocycles. The van der Waals surface area contributed by atoms with E-state index in [0.717, 1.165) is 119 Å². The highest BCUT2D eigenvalue weighted by atomic mass is 14.9. The van der Waals surface area contributed by atoms with Crippen LogP contribution >= 0.6 is 0 Å². The van der Waals surface area contributed by atoms with Crippen LogP contribution in [0.4, 0.5) is 39.8 Å². The number of hydrogen-bond donors (Lipinski definition) is 5. The van der Waals surface area contributed by atoms with Crippen molar-refractivity contribution in [2.24, 2.45) is 71.0 Å². The highest BCUT2D eigenvalue weighted by Gasteiger charge is 2.33. The molecule has 0 aromatic heterocycles. The Morgan fingerprint density at radius 3 is 1.09 bits per heavy atom. The Labute approximate surface area is 421 Å². The molecule has 0 unspecified atom stereocenters. The van der Waals surface area contributed by atoms with Crippen LogP contribution in [0.2, 0.25) is 0 Å². The predicted molar refractivity (Wildman–Crippen MR) is 299 cm³/mol. The molecule has 0 saturated heterocycles. The molecule has 6 fully saturated rings. The molecule has 0 atom stereocenters. The topological polar surface area (TPSA) is 102 Å². The van der Waals surface area contributed by atoms with E-state index in [1.807, 2.05) is 0 Å². The van der Waals surface area contributed by atoms with E-state index in [2.05, 4.69) is 80.8 Å². The summed E-state index contributed by atoms with van der Waals surface area (Å²) in [6, 6.07) is 16.0. The molecule has 0 bridgehead atoms. The minimum atomic E-state index is 0.651. The molecule has 9 rings (SSSR count). The lowest BCUT2D eigenvalue weighted by molar-refractivity contribution is 0.148. The summed E-state index contributed by atoms with van der Waals surface area (Å²) in [4.78, 5) is 0. The molecule has 3 aromatic rings. The summed E-state index contributed by atoms with van der Waals surface area (Å²) in [6.07, 6.45) is 41.7. The number of nitrogens with one attached hydrogen (secondary N) is 2. The average Bonchev–Trinajstić information content (AvgIpc) is 3.37. The fourth-order valence-electron chi connectivity index (χ4n) is 15.6. The molecule has 3 aromatic carbocycles. The third kappa shape index (κ3) is 13.6. The summed E-state index contributed by atoms with van der Waals surface area (Å²) in [6.45, 7) is 9.62. The standard InChI is InChI=1S/C64H99N5/c1-42-5-24-52(25-6-42)55-30-17-46(18-31-55)11-14-49-23-36-58(65)62(38-49)68-60-39-51(16-13-48-21-34-57(35-22-48)54-28-9-44(3)10-29-54)40-61(45(60)4)69-63-41-50(37-59(66)64(63)67)15-12-47-19-32-56(33-20-47)53-26-7-43(2)8-27-53/h23,36-44,46-48,52-57,68-69H,5-22,24-35,65-67H2,1-4H3. The second kappa shape index (κ2) is 23.9. The van der Waals surface area contributed by atoms with Gasteiger partial charge in [-0.25, -0.2) is 0 Å². The molecule has 0 heterocycles. The van der Waals surface area contributed by atoms with Crippen molar-refractivity contribution in [2.75, 3.05) is 27.8 Å². The molecule has 5 heteroatoms. The molecule has 69 heavy (non-hydrogen) atoms.